The summed E-state index contributed by atoms with van der Waals surface area (Å²) in [6.45, 7) is 4.56. The fraction of sp³-hybridized carbons (Fsp3) is 0.696. The molecule has 2 fully saturated rings. The van der Waals surface area contributed by atoms with Crippen LogP contribution in [0.1, 0.15) is 51.5 Å². The van der Waals surface area contributed by atoms with Gasteiger partial charge in [-0.3, -0.25) is 4.79 Å². The summed E-state index contributed by atoms with van der Waals surface area (Å²) < 4.78 is 10.7. The van der Waals surface area contributed by atoms with Crippen molar-refractivity contribution in [2.75, 3.05) is 13.4 Å². The first-order chi connectivity index (χ1) is 14.3. The van der Waals surface area contributed by atoms with Crippen molar-refractivity contribution in [3.63, 3.8) is 0 Å². The summed E-state index contributed by atoms with van der Waals surface area (Å²) in [4.78, 5) is 12.8. The Balaban J connectivity index is 1.44. The van der Waals surface area contributed by atoms with Gasteiger partial charge in [-0.1, -0.05) is 19.9 Å². The normalized spacial score (nSPS) is 37.5. The predicted molar refractivity (Wildman–Crippen MR) is 110 cm³/mol. The highest BCUT2D eigenvalue weighted by atomic mass is 16.7. The number of hydrogen-bond acceptors (Lipinski definition) is 6. The van der Waals surface area contributed by atoms with Gasteiger partial charge >= 0.3 is 0 Å². The van der Waals surface area contributed by atoms with Crippen molar-refractivity contribution in [1.82, 2.24) is 5.32 Å². The zero-order chi connectivity index (χ0) is 21.5. The van der Waals surface area contributed by atoms with Crippen molar-refractivity contribution < 1.29 is 29.6 Å². The van der Waals surface area contributed by atoms with E-state index in [0.29, 0.717) is 30.9 Å². The molecule has 1 aromatic carbocycles. The maximum atomic E-state index is 12.8. The number of carbonyl (C=O) groups excluding carboxylic acids is 1. The van der Waals surface area contributed by atoms with Crippen molar-refractivity contribution in [3.8, 4) is 11.5 Å². The molecule has 166 valence electrons. The van der Waals surface area contributed by atoms with Crippen LogP contribution in [0.2, 0.25) is 0 Å². The van der Waals surface area contributed by atoms with Crippen LogP contribution in [0.4, 0.5) is 0 Å². The molecule has 0 aromatic heterocycles. The first kappa shape index (κ1) is 21.4. The Morgan fingerprint density at radius 3 is 2.70 bits per heavy atom. The Labute approximate surface area is 177 Å². The maximum absolute atomic E-state index is 12.8. The van der Waals surface area contributed by atoms with Crippen molar-refractivity contribution >= 4 is 5.91 Å². The van der Waals surface area contributed by atoms with Crippen LogP contribution in [0.5, 0.6) is 11.5 Å². The second-order valence-electron chi connectivity index (χ2n) is 9.70. The van der Waals surface area contributed by atoms with Crippen LogP contribution in [0, 0.1) is 22.7 Å². The number of rotatable bonds is 5. The smallest absolute Gasteiger partial charge is 0.231 e. The minimum absolute atomic E-state index is 0.0637. The summed E-state index contributed by atoms with van der Waals surface area (Å²) in [6.07, 6.45) is 1.77. The third-order valence-electron chi connectivity index (χ3n) is 8.05. The fourth-order valence-corrected chi connectivity index (χ4v) is 6.13. The second-order valence-corrected chi connectivity index (χ2v) is 9.70. The van der Waals surface area contributed by atoms with Crippen molar-refractivity contribution in [2.24, 2.45) is 22.7 Å². The SMILES string of the molecule is CC1(CO)C(O)CCC2(C)C(CC(=O)NCc3ccc4c(c3)OCO4)C(O)CCC12. The Hall–Kier alpha value is -1.83. The van der Waals surface area contributed by atoms with Crippen LogP contribution >= 0.6 is 0 Å². The molecule has 6 atom stereocenters. The fourth-order valence-electron chi connectivity index (χ4n) is 6.13. The number of hydrogen-bond donors (Lipinski definition) is 4. The summed E-state index contributed by atoms with van der Waals surface area (Å²) in [7, 11) is 0. The number of amides is 1. The third-order valence-corrected chi connectivity index (χ3v) is 8.05. The number of carbonyl (C=O) groups is 1. The first-order valence-electron chi connectivity index (χ1n) is 10.9. The Bertz CT molecular complexity index is 800. The van der Waals surface area contributed by atoms with Crippen molar-refractivity contribution in [3.05, 3.63) is 23.8 Å². The number of fused-ring (bicyclic) bond motifs is 2. The zero-order valence-electron chi connectivity index (χ0n) is 17.8. The first-order valence-corrected chi connectivity index (χ1v) is 10.9. The van der Waals surface area contributed by atoms with Crippen LogP contribution in [0.15, 0.2) is 18.2 Å². The van der Waals surface area contributed by atoms with Gasteiger partial charge in [0.2, 0.25) is 12.7 Å². The van der Waals surface area contributed by atoms with E-state index < -0.39 is 17.6 Å². The summed E-state index contributed by atoms with van der Waals surface area (Å²) in [6, 6.07) is 5.60. The van der Waals surface area contributed by atoms with Gasteiger partial charge in [0.05, 0.1) is 18.8 Å². The average Bonchev–Trinajstić information content (AvgIpc) is 3.20. The van der Waals surface area contributed by atoms with E-state index >= 15 is 0 Å². The van der Waals surface area contributed by atoms with Gasteiger partial charge in [0.25, 0.3) is 0 Å². The molecule has 1 aliphatic heterocycles. The molecule has 30 heavy (non-hydrogen) atoms. The lowest BCUT2D eigenvalue weighted by molar-refractivity contribution is -0.185. The average molecular weight is 420 g/mol. The lowest BCUT2D eigenvalue weighted by atomic mass is 9.46. The van der Waals surface area contributed by atoms with E-state index in [1.165, 1.54) is 0 Å². The Morgan fingerprint density at radius 2 is 1.93 bits per heavy atom. The molecule has 1 heterocycles. The molecule has 3 aliphatic rings. The van der Waals surface area contributed by atoms with Gasteiger partial charge in [0, 0.05) is 18.4 Å². The molecule has 7 heteroatoms. The molecule has 2 aliphatic carbocycles. The number of benzene rings is 1. The lowest BCUT2D eigenvalue weighted by Crippen LogP contribution is -2.60. The largest absolute Gasteiger partial charge is 0.454 e. The van der Waals surface area contributed by atoms with Crippen molar-refractivity contribution in [2.45, 2.75) is 64.7 Å². The molecule has 4 N–H and O–H groups in total. The van der Waals surface area contributed by atoms with Crippen molar-refractivity contribution in [1.29, 1.82) is 0 Å². The van der Waals surface area contributed by atoms with E-state index in [-0.39, 0.29) is 43.0 Å². The number of aliphatic hydroxyl groups is 3. The highest BCUT2D eigenvalue weighted by Gasteiger charge is 2.58. The van der Waals surface area contributed by atoms with E-state index in [1.54, 1.807) is 0 Å². The molecular weight excluding hydrogens is 386 g/mol. The van der Waals surface area contributed by atoms with Gasteiger partial charge in [0.15, 0.2) is 11.5 Å². The molecule has 7 nitrogen and oxygen atoms in total. The molecule has 2 saturated carbocycles. The van der Waals surface area contributed by atoms with Gasteiger partial charge < -0.3 is 30.1 Å². The molecule has 1 aromatic rings. The van der Waals surface area contributed by atoms with E-state index in [1.807, 2.05) is 25.1 Å². The van der Waals surface area contributed by atoms with E-state index in [2.05, 4.69) is 12.2 Å². The number of aliphatic hydroxyl groups excluding tert-OH is 3. The van der Waals surface area contributed by atoms with Crippen LogP contribution in [0.3, 0.4) is 0 Å². The second kappa shape index (κ2) is 8.02. The standard InChI is InChI=1S/C23H33NO6/c1-22-8-7-20(27)23(2,12-25)19(22)6-4-16(26)15(22)10-21(28)24-11-14-3-5-17-18(9-14)30-13-29-17/h3,5,9,15-16,19-20,25-27H,4,6-8,10-13H2,1-2H3,(H,24,28). The molecule has 0 radical (unpaired) electrons. The molecule has 1 amide bonds. The summed E-state index contributed by atoms with van der Waals surface area (Å²) >= 11 is 0. The van der Waals surface area contributed by atoms with E-state index in [0.717, 1.165) is 18.4 Å². The highest BCUT2D eigenvalue weighted by Crippen LogP contribution is 2.60. The molecule has 6 unspecified atom stereocenters. The summed E-state index contributed by atoms with van der Waals surface area (Å²) in [5.41, 5.74) is 0.0215. The van der Waals surface area contributed by atoms with Gasteiger partial charge in [-0.15, -0.1) is 0 Å². The molecule has 0 saturated heterocycles. The highest BCUT2D eigenvalue weighted by molar-refractivity contribution is 5.76. The Morgan fingerprint density at radius 1 is 1.17 bits per heavy atom. The quantitative estimate of drug-likeness (QED) is 0.581. The van der Waals surface area contributed by atoms with E-state index in [9.17, 15) is 20.1 Å². The van der Waals surface area contributed by atoms with Gasteiger partial charge in [-0.25, -0.2) is 0 Å². The Kier molecular flexibility index (Phi) is 5.72. The monoisotopic (exact) mass is 419 g/mol. The minimum atomic E-state index is -0.603. The topological polar surface area (TPSA) is 108 Å². The zero-order valence-corrected chi connectivity index (χ0v) is 17.8. The molecule has 4 rings (SSSR count). The van der Waals surface area contributed by atoms with Gasteiger partial charge in [-0.05, 0) is 60.6 Å². The van der Waals surface area contributed by atoms with Crippen LogP contribution in [-0.2, 0) is 11.3 Å². The maximum Gasteiger partial charge on any atom is 0.231 e. The predicted octanol–water partition coefficient (Wildman–Crippen LogP) is 1.97. The van der Waals surface area contributed by atoms with Gasteiger partial charge in [-0.2, -0.15) is 0 Å². The number of nitrogens with one attached hydrogen (secondary N) is 1. The molecule has 0 bridgehead atoms. The molecular formula is C23H33NO6. The lowest BCUT2D eigenvalue weighted by Gasteiger charge is -2.60. The molecule has 0 spiro atoms. The van der Waals surface area contributed by atoms with Crippen LogP contribution < -0.4 is 14.8 Å². The number of ether oxygens (including phenoxy) is 2. The summed E-state index contributed by atoms with van der Waals surface area (Å²) in [5.74, 6) is 1.15. The third kappa shape index (κ3) is 3.57. The van der Waals surface area contributed by atoms with Crippen LogP contribution in [-0.4, -0.2) is 46.8 Å². The van der Waals surface area contributed by atoms with Crippen LogP contribution in [0.25, 0.3) is 0 Å². The van der Waals surface area contributed by atoms with Gasteiger partial charge in [0.1, 0.15) is 0 Å². The minimum Gasteiger partial charge on any atom is -0.454 e. The van der Waals surface area contributed by atoms with E-state index in [4.69, 9.17) is 9.47 Å². The summed E-state index contributed by atoms with van der Waals surface area (Å²) in [5, 5.41) is 34.4.